The van der Waals surface area contributed by atoms with Crippen molar-refractivity contribution in [2.45, 2.75) is 11.3 Å². The molecule has 0 N–H and O–H groups in total. The molecule has 0 spiro atoms. The minimum atomic E-state index is -3.50. The van der Waals surface area contributed by atoms with Crippen LogP contribution >= 0.6 is 23.2 Å². The summed E-state index contributed by atoms with van der Waals surface area (Å²) in [5, 5.41) is 1.16. The van der Waals surface area contributed by atoms with E-state index in [2.05, 4.69) is 4.90 Å². The lowest BCUT2D eigenvalue weighted by molar-refractivity contribution is -0.131. The Balaban J connectivity index is 1.54. The van der Waals surface area contributed by atoms with Crippen LogP contribution in [0.1, 0.15) is 6.42 Å². The fourth-order valence-corrected chi connectivity index (χ4v) is 4.66. The molecule has 1 saturated heterocycles. The van der Waals surface area contributed by atoms with Gasteiger partial charge in [-0.2, -0.15) is 0 Å². The summed E-state index contributed by atoms with van der Waals surface area (Å²) in [6.45, 7) is 2.43. The molecular formula is C19H20Cl2N2O3S. The Kier molecular flexibility index (Phi) is 6.29. The number of piperazine rings is 1. The van der Waals surface area contributed by atoms with Gasteiger partial charge in [-0.15, -0.1) is 0 Å². The molecule has 0 unspecified atom stereocenters. The summed E-state index contributed by atoms with van der Waals surface area (Å²) in [5.74, 6) is -0.357. The maximum Gasteiger partial charge on any atom is 0.223 e. The number of hydrogen-bond donors (Lipinski definition) is 0. The molecule has 0 aliphatic carbocycles. The highest BCUT2D eigenvalue weighted by molar-refractivity contribution is 7.91. The number of carbonyl (C=O) groups is 1. The zero-order chi connectivity index (χ0) is 19.4. The maximum atomic E-state index is 12.4. The van der Waals surface area contributed by atoms with Crippen molar-refractivity contribution < 1.29 is 13.2 Å². The summed E-state index contributed by atoms with van der Waals surface area (Å²) < 4.78 is 24.7. The minimum absolute atomic E-state index is 0.0307. The fraction of sp³-hybridized carbons (Fsp3) is 0.316. The third kappa shape index (κ3) is 4.94. The molecule has 27 heavy (non-hydrogen) atoms. The molecule has 144 valence electrons. The average Bonchev–Trinajstić information content (AvgIpc) is 2.67. The number of amides is 1. The van der Waals surface area contributed by atoms with E-state index in [1.807, 2.05) is 24.3 Å². The van der Waals surface area contributed by atoms with E-state index >= 15 is 0 Å². The standard InChI is InChI=1S/C19H20Cl2N2O3S/c20-15-5-7-16(8-6-15)27(25,26)14-9-19(24)23-12-10-22(11-13-23)18-4-2-1-3-17(18)21/h1-8H,9-14H2. The van der Waals surface area contributed by atoms with E-state index in [9.17, 15) is 13.2 Å². The van der Waals surface area contributed by atoms with Gasteiger partial charge in [-0.05, 0) is 36.4 Å². The minimum Gasteiger partial charge on any atom is -0.367 e. The zero-order valence-electron chi connectivity index (χ0n) is 14.6. The van der Waals surface area contributed by atoms with Crippen LogP contribution in [0.3, 0.4) is 0 Å². The van der Waals surface area contributed by atoms with Gasteiger partial charge in [0.1, 0.15) is 0 Å². The van der Waals surface area contributed by atoms with Crippen molar-refractivity contribution in [3.63, 3.8) is 0 Å². The second kappa shape index (κ2) is 8.50. The number of halogens is 2. The number of anilines is 1. The van der Waals surface area contributed by atoms with Gasteiger partial charge in [-0.1, -0.05) is 35.3 Å². The molecule has 1 heterocycles. The molecule has 0 atom stereocenters. The number of carbonyl (C=O) groups excluding carboxylic acids is 1. The van der Waals surface area contributed by atoms with E-state index in [1.165, 1.54) is 24.3 Å². The maximum absolute atomic E-state index is 12.4. The van der Waals surface area contributed by atoms with Gasteiger partial charge in [0.2, 0.25) is 5.91 Å². The van der Waals surface area contributed by atoms with Gasteiger partial charge in [0.05, 0.1) is 21.4 Å². The quantitative estimate of drug-likeness (QED) is 0.733. The third-order valence-electron chi connectivity index (χ3n) is 4.58. The molecule has 0 aromatic heterocycles. The lowest BCUT2D eigenvalue weighted by Crippen LogP contribution is -2.49. The van der Waals surface area contributed by atoms with Gasteiger partial charge in [-0.25, -0.2) is 8.42 Å². The monoisotopic (exact) mass is 426 g/mol. The highest BCUT2D eigenvalue weighted by Crippen LogP contribution is 2.26. The van der Waals surface area contributed by atoms with Crippen molar-refractivity contribution in [3.05, 3.63) is 58.6 Å². The van der Waals surface area contributed by atoms with E-state index in [0.29, 0.717) is 36.2 Å². The predicted octanol–water partition coefficient (Wildman–Crippen LogP) is 3.51. The Morgan fingerprint density at radius 3 is 2.19 bits per heavy atom. The van der Waals surface area contributed by atoms with Crippen LogP contribution in [-0.4, -0.2) is 51.2 Å². The first-order chi connectivity index (χ1) is 12.9. The van der Waals surface area contributed by atoms with E-state index in [0.717, 1.165) is 5.69 Å². The normalized spacial score (nSPS) is 15.0. The summed E-state index contributed by atoms with van der Waals surface area (Å²) in [4.78, 5) is 16.5. The lowest BCUT2D eigenvalue weighted by Gasteiger charge is -2.36. The lowest BCUT2D eigenvalue weighted by atomic mass is 10.2. The molecule has 1 aliphatic rings. The van der Waals surface area contributed by atoms with Crippen LogP contribution in [0.25, 0.3) is 0 Å². The van der Waals surface area contributed by atoms with Crippen molar-refractivity contribution in [1.82, 2.24) is 4.90 Å². The van der Waals surface area contributed by atoms with Gasteiger partial charge < -0.3 is 9.80 Å². The summed E-state index contributed by atoms with van der Waals surface area (Å²) in [7, 11) is -3.50. The van der Waals surface area contributed by atoms with Crippen LogP contribution in [0.4, 0.5) is 5.69 Å². The average molecular weight is 427 g/mol. The predicted molar refractivity (Wildman–Crippen MR) is 108 cm³/mol. The van der Waals surface area contributed by atoms with Crippen LogP contribution < -0.4 is 4.90 Å². The van der Waals surface area contributed by atoms with Crippen LogP contribution in [0, 0.1) is 0 Å². The largest absolute Gasteiger partial charge is 0.367 e. The highest BCUT2D eigenvalue weighted by atomic mass is 35.5. The molecule has 2 aromatic rings. The molecule has 3 rings (SSSR count). The Bertz CT molecular complexity index is 909. The van der Waals surface area contributed by atoms with Crippen molar-refractivity contribution in [2.75, 3.05) is 36.8 Å². The van der Waals surface area contributed by atoms with Crippen LogP contribution in [0.5, 0.6) is 0 Å². The molecule has 0 radical (unpaired) electrons. The number of para-hydroxylation sites is 1. The Morgan fingerprint density at radius 2 is 1.56 bits per heavy atom. The molecule has 1 amide bonds. The first-order valence-corrected chi connectivity index (χ1v) is 11.0. The number of hydrogen-bond acceptors (Lipinski definition) is 4. The second-order valence-corrected chi connectivity index (χ2v) is 9.29. The van der Waals surface area contributed by atoms with Crippen molar-refractivity contribution in [1.29, 1.82) is 0 Å². The van der Waals surface area contributed by atoms with Gasteiger partial charge in [-0.3, -0.25) is 4.79 Å². The summed E-state index contributed by atoms with van der Waals surface area (Å²) in [6.07, 6.45) is -0.0307. The topological polar surface area (TPSA) is 57.7 Å². The summed E-state index contributed by atoms with van der Waals surface area (Å²) >= 11 is 12.0. The molecule has 1 fully saturated rings. The molecule has 1 aliphatic heterocycles. The third-order valence-corrected chi connectivity index (χ3v) is 6.89. The number of nitrogens with zero attached hydrogens (tertiary/aromatic N) is 2. The first kappa shape index (κ1) is 20.0. The molecule has 0 bridgehead atoms. The van der Waals surface area contributed by atoms with Crippen LogP contribution in [0.2, 0.25) is 10.0 Å². The first-order valence-electron chi connectivity index (χ1n) is 8.62. The van der Waals surface area contributed by atoms with Crippen molar-refractivity contribution in [2.24, 2.45) is 0 Å². The van der Waals surface area contributed by atoms with Crippen LogP contribution in [0.15, 0.2) is 53.4 Å². The Hall–Kier alpha value is -1.76. The smallest absolute Gasteiger partial charge is 0.223 e. The Morgan fingerprint density at radius 1 is 0.926 bits per heavy atom. The summed E-state index contributed by atoms with van der Waals surface area (Å²) in [6, 6.07) is 13.6. The van der Waals surface area contributed by atoms with Crippen LogP contribution in [-0.2, 0) is 14.6 Å². The van der Waals surface area contributed by atoms with Gasteiger partial charge in [0.15, 0.2) is 9.84 Å². The van der Waals surface area contributed by atoms with E-state index < -0.39 is 9.84 Å². The van der Waals surface area contributed by atoms with Crippen molar-refractivity contribution >= 4 is 44.6 Å². The molecule has 5 nitrogen and oxygen atoms in total. The van der Waals surface area contributed by atoms with E-state index in [-0.39, 0.29) is 23.0 Å². The number of sulfone groups is 1. The second-order valence-electron chi connectivity index (χ2n) is 6.34. The number of benzene rings is 2. The summed E-state index contributed by atoms with van der Waals surface area (Å²) in [5.41, 5.74) is 0.955. The SMILES string of the molecule is O=C(CCS(=O)(=O)c1ccc(Cl)cc1)N1CCN(c2ccccc2Cl)CC1. The van der Waals surface area contributed by atoms with Gasteiger partial charge in [0.25, 0.3) is 0 Å². The van der Waals surface area contributed by atoms with Gasteiger partial charge in [0, 0.05) is 37.6 Å². The zero-order valence-corrected chi connectivity index (χ0v) is 17.0. The fourth-order valence-electron chi connectivity index (χ4n) is 3.04. The van der Waals surface area contributed by atoms with E-state index in [4.69, 9.17) is 23.2 Å². The molecule has 2 aromatic carbocycles. The van der Waals surface area contributed by atoms with Gasteiger partial charge >= 0.3 is 0 Å². The molecular weight excluding hydrogens is 407 g/mol. The van der Waals surface area contributed by atoms with Crippen molar-refractivity contribution in [3.8, 4) is 0 Å². The number of rotatable bonds is 5. The Labute approximate surface area is 169 Å². The molecule has 0 saturated carbocycles. The molecule has 8 heteroatoms. The van der Waals surface area contributed by atoms with E-state index in [1.54, 1.807) is 4.90 Å². The highest BCUT2D eigenvalue weighted by Gasteiger charge is 2.24.